The Morgan fingerprint density at radius 2 is 1.38 bits per heavy atom. The summed E-state index contributed by atoms with van der Waals surface area (Å²) >= 11 is 0. The lowest BCUT2D eigenvalue weighted by atomic mass is 10.1. The Bertz CT molecular complexity index is 338. The van der Waals surface area contributed by atoms with Crippen LogP contribution in [0.5, 0.6) is 0 Å². The molecule has 1 fully saturated rings. The molecule has 0 bridgehead atoms. The second-order valence-electron chi connectivity index (χ2n) is 5.85. The normalized spacial score (nSPS) is 18.0. The van der Waals surface area contributed by atoms with E-state index in [0.29, 0.717) is 12.5 Å². The van der Waals surface area contributed by atoms with Crippen LogP contribution in [0, 0.1) is 0 Å². The lowest BCUT2D eigenvalue weighted by molar-refractivity contribution is 0.113. The van der Waals surface area contributed by atoms with Gasteiger partial charge in [-0.3, -0.25) is 4.55 Å². The first-order chi connectivity index (χ1) is 10.1. The van der Waals surface area contributed by atoms with E-state index in [-0.39, 0.29) is 5.75 Å². The Balaban J connectivity index is 1.66. The molecule has 1 heterocycles. The summed E-state index contributed by atoms with van der Waals surface area (Å²) in [6, 6.07) is 0. The molecule has 0 aromatic rings. The molecular weight excluding hydrogens is 292 g/mol. The van der Waals surface area contributed by atoms with Crippen molar-refractivity contribution < 1.29 is 22.4 Å². The van der Waals surface area contributed by atoms with Crippen LogP contribution >= 0.6 is 0 Å². The van der Waals surface area contributed by atoms with Gasteiger partial charge in [0, 0.05) is 6.61 Å². The summed E-state index contributed by atoms with van der Waals surface area (Å²) in [5, 5.41) is 0. The van der Waals surface area contributed by atoms with Gasteiger partial charge in [0.2, 0.25) is 0 Å². The quantitative estimate of drug-likeness (QED) is 0.285. The van der Waals surface area contributed by atoms with E-state index in [1.165, 1.54) is 32.1 Å². The van der Waals surface area contributed by atoms with E-state index in [1.807, 2.05) is 0 Å². The van der Waals surface area contributed by atoms with Gasteiger partial charge in [0.15, 0.2) is 0 Å². The largest absolute Gasteiger partial charge is 0.379 e. The van der Waals surface area contributed by atoms with Crippen LogP contribution in [0.25, 0.3) is 0 Å². The van der Waals surface area contributed by atoms with Gasteiger partial charge >= 0.3 is 0 Å². The minimum atomic E-state index is -3.76. The summed E-state index contributed by atoms with van der Waals surface area (Å²) in [4.78, 5) is 0. The van der Waals surface area contributed by atoms with Crippen molar-refractivity contribution in [1.82, 2.24) is 0 Å². The standard InChI is InChI=1S/C15H30O5S/c16-21(17,18)12-10-8-6-4-2-1-3-5-7-9-11-19-13-15-14-20-15/h15H,1-14H2,(H,16,17,18). The molecule has 1 N–H and O–H groups in total. The maximum absolute atomic E-state index is 10.5. The molecule has 0 saturated carbocycles. The Morgan fingerprint density at radius 1 is 0.905 bits per heavy atom. The fourth-order valence-electron chi connectivity index (χ4n) is 2.28. The topological polar surface area (TPSA) is 76.1 Å². The van der Waals surface area contributed by atoms with Gasteiger partial charge in [-0.25, -0.2) is 0 Å². The Hall–Kier alpha value is -0.170. The summed E-state index contributed by atoms with van der Waals surface area (Å²) in [6.45, 7) is 2.49. The first kappa shape index (κ1) is 18.9. The van der Waals surface area contributed by atoms with Crippen molar-refractivity contribution in [3.63, 3.8) is 0 Å². The van der Waals surface area contributed by atoms with Crippen LogP contribution < -0.4 is 0 Å². The van der Waals surface area contributed by atoms with Crippen molar-refractivity contribution in [2.45, 2.75) is 70.3 Å². The monoisotopic (exact) mass is 322 g/mol. The smallest absolute Gasteiger partial charge is 0.264 e. The van der Waals surface area contributed by atoms with Crippen molar-refractivity contribution in [3.8, 4) is 0 Å². The molecule has 0 aromatic heterocycles. The van der Waals surface area contributed by atoms with E-state index in [0.717, 1.165) is 45.5 Å². The molecule has 126 valence electrons. The first-order valence-corrected chi connectivity index (χ1v) is 9.83. The van der Waals surface area contributed by atoms with E-state index in [1.54, 1.807) is 0 Å². The maximum Gasteiger partial charge on any atom is 0.264 e. The summed E-state index contributed by atoms with van der Waals surface area (Å²) in [6.07, 6.45) is 11.5. The SMILES string of the molecule is O=S(=O)(O)CCCCCCCCCCCCOCC1CO1. The molecule has 1 aliphatic rings. The summed E-state index contributed by atoms with van der Waals surface area (Å²) in [5.41, 5.74) is 0. The van der Waals surface area contributed by atoms with Crippen LogP contribution in [-0.4, -0.2) is 44.6 Å². The minimum Gasteiger partial charge on any atom is -0.379 e. The van der Waals surface area contributed by atoms with E-state index in [2.05, 4.69) is 0 Å². The predicted octanol–water partition coefficient (Wildman–Crippen LogP) is 3.19. The number of hydrogen-bond acceptors (Lipinski definition) is 4. The van der Waals surface area contributed by atoms with Gasteiger partial charge < -0.3 is 9.47 Å². The van der Waals surface area contributed by atoms with Crippen LogP contribution in [0.3, 0.4) is 0 Å². The molecule has 1 saturated heterocycles. The molecule has 0 spiro atoms. The third kappa shape index (κ3) is 14.5. The number of rotatable bonds is 15. The Labute approximate surface area is 129 Å². The molecule has 1 atom stereocenters. The lowest BCUT2D eigenvalue weighted by Crippen LogP contribution is -2.03. The zero-order valence-corrected chi connectivity index (χ0v) is 13.8. The van der Waals surface area contributed by atoms with Crippen LogP contribution in [0.15, 0.2) is 0 Å². The predicted molar refractivity (Wildman–Crippen MR) is 83.1 cm³/mol. The fraction of sp³-hybridized carbons (Fsp3) is 1.00. The first-order valence-electron chi connectivity index (χ1n) is 8.22. The zero-order valence-electron chi connectivity index (χ0n) is 13.0. The highest BCUT2D eigenvalue weighted by Gasteiger charge is 2.21. The number of epoxide rings is 1. The van der Waals surface area contributed by atoms with E-state index < -0.39 is 10.1 Å². The minimum absolute atomic E-state index is 0.0953. The summed E-state index contributed by atoms with van der Waals surface area (Å²) in [7, 11) is -3.76. The molecule has 1 aliphatic heterocycles. The third-order valence-electron chi connectivity index (χ3n) is 3.65. The zero-order chi connectivity index (χ0) is 15.4. The van der Waals surface area contributed by atoms with Gasteiger partial charge in [0.05, 0.1) is 19.0 Å². The van der Waals surface area contributed by atoms with Crippen molar-refractivity contribution >= 4 is 10.1 Å². The number of ether oxygens (including phenoxy) is 2. The molecule has 5 nitrogen and oxygen atoms in total. The lowest BCUT2D eigenvalue weighted by Gasteiger charge is -2.03. The summed E-state index contributed by atoms with van der Waals surface area (Å²) < 4.78 is 40.1. The van der Waals surface area contributed by atoms with Gasteiger partial charge in [-0.15, -0.1) is 0 Å². The fourth-order valence-corrected chi connectivity index (χ4v) is 2.85. The van der Waals surface area contributed by atoms with E-state index >= 15 is 0 Å². The van der Waals surface area contributed by atoms with Crippen molar-refractivity contribution in [3.05, 3.63) is 0 Å². The van der Waals surface area contributed by atoms with Crippen molar-refractivity contribution in [2.75, 3.05) is 25.6 Å². The highest BCUT2D eigenvalue weighted by molar-refractivity contribution is 7.85. The highest BCUT2D eigenvalue weighted by Crippen LogP contribution is 2.12. The summed E-state index contributed by atoms with van der Waals surface area (Å²) in [5.74, 6) is -0.0953. The average molecular weight is 322 g/mol. The third-order valence-corrected chi connectivity index (χ3v) is 4.45. The average Bonchev–Trinajstić information content (AvgIpc) is 3.22. The van der Waals surface area contributed by atoms with Gasteiger partial charge in [0.25, 0.3) is 10.1 Å². The van der Waals surface area contributed by atoms with Crippen molar-refractivity contribution in [1.29, 1.82) is 0 Å². The molecule has 0 aliphatic carbocycles. The van der Waals surface area contributed by atoms with Crippen LogP contribution in [0.1, 0.15) is 64.2 Å². The molecule has 6 heteroatoms. The van der Waals surface area contributed by atoms with Gasteiger partial charge in [-0.05, 0) is 12.8 Å². The molecule has 21 heavy (non-hydrogen) atoms. The Kier molecular flexibility index (Phi) is 10.3. The van der Waals surface area contributed by atoms with E-state index in [4.69, 9.17) is 14.0 Å². The van der Waals surface area contributed by atoms with Gasteiger partial charge in [0.1, 0.15) is 6.10 Å². The van der Waals surface area contributed by atoms with Gasteiger partial charge in [-0.2, -0.15) is 8.42 Å². The second-order valence-corrected chi connectivity index (χ2v) is 7.42. The molecule has 1 unspecified atom stereocenters. The Morgan fingerprint density at radius 3 is 1.86 bits per heavy atom. The van der Waals surface area contributed by atoms with E-state index in [9.17, 15) is 8.42 Å². The highest BCUT2D eigenvalue weighted by atomic mass is 32.2. The molecular formula is C15H30O5S. The van der Waals surface area contributed by atoms with Gasteiger partial charge in [-0.1, -0.05) is 51.4 Å². The second kappa shape index (κ2) is 11.4. The molecule has 0 radical (unpaired) electrons. The van der Waals surface area contributed by atoms with Crippen LogP contribution in [0.2, 0.25) is 0 Å². The van der Waals surface area contributed by atoms with Crippen molar-refractivity contribution in [2.24, 2.45) is 0 Å². The molecule has 0 amide bonds. The molecule has 0 aromatic carbocycles. The van der Waals surface area contributed by atoms with Crippen LogP contribution in [-0.2, 0) is 19.6 Å². The number of hydrogen-bond donors (Lipinski definition) is 1. The maximum atomic E-state index is 10.5. The number of unbranched alkanes of at least 4 members (excludes halogenated alkanes) is 9. The van der Waals surface area contributed by atoms with Crippen LogP contribution in [0.4, 0.5) is 0 Å². The molecule has 1 rings (SSSR count).